The van der Waals surface area contributed by atoms with Crippen molar-refractivity contribution < 1.29 is 43.6 Å². The van der Waals surface area contributed by atoms with Gasteiger partial charge in [0.15, 0.2) is 29.8 Å². The highest BCUT2D eigenvalue weighted by Crippen LogP contribution is 2.40. The molecular formula is C33H43N7O8S2. The van der Waals surface area contributed by atoms with E-state index in [2.05, 4.69) is 27.7 Å². The SMILES string of the molecule is CCCCCCCCCCNC(=O)c1ccc[n+](CC2=C(C(=O)[O-])N3C(=O)[C@@H](NC(=O)/C(=N\OC(C)(C)C(=O)O)c4csc(N)n4)[C@H]3SC2)c1. The molecule has 0 unspecified atom stereocenters. The number of carboxylic acids is 2. The molecule has 0 radical (unpaired) electrons. The van der Waals surface area contributed by atoms with Crippen LogP contribution >= 0.6 is 23.1 Å². The molecule has 1 fully saturated rings. The van der Waals surface area contributed by atoms with Crippen LogP contribution in [0.4, 0.5) is 5.13 Å². The zero-order valence-electron chi connectivity index (χ0n) is 28.3. The zero-order chi connectivity index (χ0) is 36.4. The number of nitrogens with zero attached hydrogens (tertiary/aromatic N) is 4. The van der Waals surface area contributed by atoms with Gasteiger partial charge < -0.3 is 36.2 Å². The molecule has 2 atom stereocenters. The topological polar surface area (TPSA) is 220 Å². The molecule has 0 aromatic carbocycles. The monoisotopic (exact) mass is 729 g/mol. The standard InChI is InChI=1S/C33H43N7O8S2/c1-4-5-6-7-8-9-10-11-14-35-26(41)20-13-12-15-39(16-20)17-21-18-49-29-24(28(43)40(29)25(21)30(44)45)37-27(42)23(22-19-50-32(34)36-22)38-48-33(2,3)31(46)47/h12-13,15-16,19,24,29H,4-11,14,17-18H2,1-3H3,(H5-,34,35,36,37,41,42,44,45,46,47)/b38-23-/t24-,29-/m1/s1. The molecule has 1 saturated heterocycles. The smallest absolute Gasteiger partial charge is 0.350 e. The molecule has 2 aromatic heterocycles. The molecule has 17 heteroatoms. The number of β-lactam (4-membered cyclic amide) rings is 1. The molecule has 0 saturated carbocycles. The summed E-state index contributed by atoms with van der Waals surface area (Å²) in [7, 11) is 0. The van der Waals surface area contributed by atoms with Crippen LogP contribution in [0.25, 0.3) is 0 Å². The summed E-state index contributed by atoms with van der Waals surface area (Å²) in [6.07, 6.45) is 12.6. The van der Waals surface area contributed by atoms with Gasteiger partial charge in [-0.25, -0.2) is 14.3 Å². The first-order valence-electron chi connectivity index (χ1n) is 16.5. The molecule has 4 heterocycles. The Morgan fingerprint density at radius 3 is 2.52 bits per heavy atom. The number of aromatic nitrogens is 2. The van der Waals surface area contributed by atoms with Crippen LogP contribution in [0.5, 0.6) is 0 Å². The number of anilines is 1. The maximum atomic E-state index is 13.3. The van der Waals surface area contributed by atoms with E-state index in [1.807, 2.05) is 0 Å². The number of nitrogens with one attached hydrogen (secondary N) is 2. The number of aliphatic carboxylic acids is 2. The van der Waals surface area contributed by atoms with Crippen LogP contribution in [-0.4, -0.2) is 79.7 Å². The van der Waals surface area contributed by atoms with Gasteiger partial charge in [-0.1, -0.05) is 57.0 Å². The highest BCUT2D eigenvalue weighted by Gasteiger charge is 2.53. The lowest BCUT2D eigenvalue weighted by Crippen LogP contribution is -2.71. The number of nitrogen functional groups attached to an aromatic ring is 1. The van der Waals surface area contributed by atoms with Crippen molar-refractivity contribution >= 4 is 63.6 Å². The Bertz CT molecular complexity index is 1660. The Balaban J connectivity index is 1.39. The van der Waals surface area contributed by atoms with Crippen LogP contribution in [0.15, 0.2) is 46.3 Å². The number of nitrogens with two attached hydrogens (primary N) is 1. The number of thioether (sulfide) groups is 1. The molecule has 50 heavy (non-hydrogen) atoms. The predicted molar refractivity (Wildman–Crippen MR) is 184 cm³/mol. The number of unbranched alkanes of at least 4 members (excludes halogenated alkanes) is 7. The van der Waals surface area contributed by atoms with E-state index in [-0.39, 0.29) is 34.7 Å². The van der Waals surface area contributed by atoms with E-state index in [1.165, 1.54) is 63.1 Å². The van der Waals surface area contributed by atoms with Crippen molar-refractivity contribution in [2.45, 2.75) is 95.7 Å². The summed E-state index contributed by atoms with van der Waals surface area (Å²) < 4.78 is 1.68. The lowest BCUT2D eigenvalue weighted by molar-refractivity contribution is -0.689. The Morgan fingerprint density at radius 2 is 1.88 bits per heavy atom. The fourth-order valence-electron chi connectivity index (χ4n) is 5.34. The second-order valence-corrected chi connectivity index (χ2v) is 14.5. The highest BCUT2D eigenvalue weighted by molar-refractivity contribution is 8.00. The molecule has 0 spiro atoms. The number of thiazole rings is 1. The Morgan fingerprint density at radius 1 is 1.18 bits per heavy atom. The van der Waals surface area contributed by atoms with E-state index in [4.69, 9.17) is 10.6 Å². The number of amides is 3. The largest absolute Gasteiger partial charge is 0.543 e. The Hall–Kier alpha value is -4.51. The van der Waals surface area contributed by atoms with Gasteiger partial charge in [-0.15, -0.1) is 23.1 Å². The number of hydrogen-bond acceptors (Lipinski definition) is 12. The second kappa shape index (κ2) is 17.4. The van der Waals surface area contributed by atoms with E-state index in [1.54, 1.807) is 29.1 Å². The molecule has 2 aliphatic rings. The van der Waals surface area contributed by atoms with E-state index < -0.39 is 46.5 Å². The quantitative estimate of drug-likeness (QED) is 0.0535. The molecule has 15 nitrogen and oxygen atoms in total. The number of pyridine rings is 1. The number of carbonyl (C=O) groups excluding carboxylic acids is 4. The van der Waals surface area contributed by atoms with Crippen LogP contribution in [-0.2, 0) is 30.6 Å². The maximum Gasteiger partial charge on any atom is 0.350 e. The summed E-state index contributed by atoms with van der Waals surface area (Å²) in [6.45, 7) is 5.32. The van der Waals surface area contributed by atoms with Crippen molar-refractivity contribution in [3.05, 3.63) is 52.4 Å². The summed E-state index contributed by atoms with van der Waals surface area (Å²) in [5.74, 6) is -4.49. The second-order valence-electron chi connectivity index (χ2n) is 12.5. The predicted octanol–water partition coefficient (Wildman–Crippen LogP) is 1.57. The maximum absolute atomic E-state index is 13.3. The van der Waals surface area contributed by atoms with Crippen molar-refractivity contribution in [3.63, 3.8) is 0 Å². The van der Waals surface area contributed by atoms with E-state index in [9.17, 15) is 34.2 Å². The molecule has 0 aliphatic carbocycles. The minimum atomic E-state index is -1.78. The van der Waals surface area contributed by atoms with E-state index in [0.717, 1.165) is 35.5 Å². The summed E-state index contributed by atoms with van der Waals surface area (Å²) in [6, 6.07) is 2.24. The van der Waals surface area contributed by atoms with Gasteiger partial charge in [-0.3, -0.25) is 19.3 Å². The fourth-order valence-corrected chi connectivity index (χ4v) is 7.22. The van der Waals surface area contributed by atoms with Crippen LogP contribution in [0.1, 0.15) is 88.2 Å². The first kappa shape index (κ1) is 38.3. The number of carbonyl (C=O) groups is 5. The summed E-state index contributed by atoms with van der Waals surface area (Å²) >= 11 is 2.26. The average molecular weight is 730 g/mol. The van der Waals surface area contributed by atoms with Gasteiger partial charge >= 0.3 is 5.97 Å². The average Bonchev–Trinajstić information content (AvgIpc) is 3.51. The third-order valence-corrected chi connectivity index (χ3v) is 10.2. The molecule has 3 amide bonds. The minimum Gasteiger partial charge on any atom is -0.543 e. The van der Waals surface area contributed by atoms with Crippen LogP contribution in [0.2, 0.25) is 0 Å². The van der Waals surface area contributed by atoms with Crippen molar-refractivity contribution in [2.24, 2.45) is 5.16 Å². The Kier molecular flexibility index (Phi) is 13.3. The van der Waals surface area contributed by atoms with Gasteiger partial charge in [0.1, 0.15) is 22.7 Å². The van der Waals surface area contributed by atoms with Crippen molar-refractivity contribution in [1.29, 1.82) is 0 Å². The van der Waals surface area contributed by atoms with Crippen LogP contribution < -0.4 is 26.0 Å². The lowest BCUT2D eigenvalue weighted by Gasteiger charge is -2.50. The van der Waals surface area contributed by atoms with Gasteiger partial charge in [0.2, 0.25) is 5.60 Å². The molecule has 2 aromatic rings. The number of oxime groups is 1. The highest BCUT2D eigenvalue weighted by atomic mass is 32.2. The zero-order valence-corrected chi connectivity index (χ0v) is 29.9. The third kappa shape index (κ3) is 9.59. The minimum absolute atomic E-state index is 0.00447. The van der Waals surface area contributed by atoms with E-state index in [0.29, 0.717) is 17.7 Å². The molecule has 5 N–H and O–H groups in total. The number of carboxylic acid groups (broad SMARTS) is 2. The Labute approximate surface area is 298 Å². The van der Waals surface area contributed by atoms with Gasteiger partial charge in [-0.05, 0) is 26.3 Å². The van der Waals surface area contributed by atoms with Crippen molar-refractivity contribution in [2.75, 3.05) is 18.0 Å². The summed E-state index contributed by atoms with van der Waals surface area (Å²) in [5, 5.41) is 31.7. The lowest BCUT2D eigenvalue weighted by atomic mass is 10.0. The summed E-state index contributed by atoms with van der Waals surface area (Å²) in [5.41, 5.74) is 4.04. The fraction of sp³-hybridized carbons (Fsp3) is 0.515. The summed E-state index contributed by atoms with van der Waals surface area (Å²) in [4.78, 5) is 73.5. The van der Waals surface area contributed by atoms with Gasteiger partial charge in [0.05, 0.1) is 11.7 Å². The molecule has 2 aliphatic heterocycles. The molecule has 0 bridgehead atoms. The first-order chi connectivity index (χ1) is 23.8. The van der Waals surface area contributed by atoms with Gasteiger partial charge in [-0.2, -0.15) is 0 Å². The third-order valence-electron chi connectivity index (χ3n) is 8.20. The first-order valence-corrected chi connectivity index (χ1v) is 18.4. The van der Waals surface area contributed by atoms with Crippen LogP contribution in [0, 0.1) is 0 Å². The molecule has 270 valence electrons. The number of hydrogen-bond donors (Lipinski definition) is 4. The van der Waals surface area contributed by atoms with Crippen LogP contribution in [0.3, 0.4) is 0 Å². The van der Waals surface area contributed by atoms with Crippen molar-refractivity contribution in [3.8, 4) is 0 Å². The normalized spacial score (nSPS) is 17.5. The molecule has 4 rings (SSSR count). The van der Waals surface area contributed by atoms with Gasteiger partial charge in [0.25, 0.3) is 17.7 Å². The van der Waals surface area contributed by atoms with Gasteiger partial charge in [0, 0.05) is 29.3 Å². The number of rotatable bonds is 19. The molecular weight excluding hydrogens is 687 g/mol. The number of fused-ring (bicyclic) bond motifs is 1. The van der Waals surface area contributed by atoms with Crippen molar-refractivity contribution in [1.82, 2.24) is 20.5 Å². The van der Waals surface area contributed by atoms with E-state index >= 15 is 0 Å².